The van der Waals surface area contributed by atoms with E-state index in [1.165, 1.54) is 11.8 Å². The van der Waals surface area contributed by atoms with Crippen molar-refractivity contribution in [2.45, 2.75) is 50.1 Å². The molecule has 0 aliphatic carbocycles. The van der Waals surface area contributed by atoms with Gasteiger partial charge >= 0.3 is 0 Å². The van der Waals surface area contributed by atoms with Crippen molar-refractivity contribution in [1.29, 1.82) is 0 Å². The van der Waals surface area contributed by atoms with Crippen LogP contribution in [0.1, 0.15) is 39.1 Å². The Labute approximate surface area is 150 Å². The normalized spacial score (nSPS) is 12.4. The molecule has 2 rings (SSSR count). The molecule has 1 atom stereocenters. The van der Waals surface area contributed by atoms with Crippen LogP contribution in [-0.4, -0.2) is 41.6 Å². The van der Waals surface area contributed by atoms with Crippen molar-refractivity contribution in [3.8, 4) is 0 Å². The SMILES string of the molecule is CC(C)n1nccc1NC(=O)[C@@H](C)Sc1nnc(CCC(N)=O)n1C. The smallest absolute Gasteiger partial charge is 0.238 e. The Balaban J connectivity index is 1.99. The molecule has 0 radical (unpaired) electrons. The first-order chi connectivity index (χ1) is 11.8. The van der Waals surface area contributed by atoms with Crippen molar-refractivity contribution in [2.24, 2.45) is 12.8 Å². The van der Waals surface area contributed by atoms with Crippen LogP contribution in [-0.2, 0) is 23.1 Å². The fourth-order valence-corrected chi connectivity index (χ4v) is 3.00. The van der Waals surface area contributed by atoms with Crippen molar-refractivity contribution >= 4 is 29.4 Å². The molecule has 0 saturated heterocycles. The molecule has 0 aromatic carbocycles. The zero-order valence-corrected chi connectivity index (χ0v) is 15.6. The number of amides is 2. The molecule has 0 bridgehead atoms. The van der Waals surface area contributed by atoms with Gasteiger partial charge in [-0.15, -0.1) is 10.2 Å². The van der Waals surface area contributed by atoms with Gasteiger partial charge in [0.25, 0.3) is 0 Å². The highest BCUT2D eigenvalue weighted by molar-refractivity contribution is 8.00. The molecule has 0 saturated carbocycles. The summed E-state index contributed by atoms with van der Waals surface area (Å²) >= 11 is 1.30. The maximum Gasteiger partial charge on any atom is 0.238 e. The van der Waals surface area contributed by atoms with E-state index >= 15 is 0 Å². The molecule has 0 aliphatic rings. The van der Waals surface area contributed by atoms with Crippen LogP contribution in [0.4, 0.5) is 5.82 Å². The highest BCUT2D eigenvalue weighted by atomic mass is 32.2. The first kappa shape index (κ1) is 19.0. The molecule has 0 unspecified atom stereocenters. The molecule has 136 valence electrons. The topological polar surface area (TPSA) is 121 Å². The Kier molecular flexibility index (Phi) is 6.18. The summed E-state index contributed by atoms with van der Waals surface area (Å²) in [6.45, 7) is 5.79. The van der Waals surface area contributed by atoms with E-state index < -0.39 is 0 Å². The van der Waals surface area contributed by atoms with Crippen LogP contribution in [0.2, 0.25) is 0 Å². The van der Waals surface area contributed by atoms with Gasteiger partial charge < -0.3 is 15.6 Å². The third-order valence-electron chi connectivity index (χ3n) is 3.58. The quantitative estimate of drug-likeness (QED) is 0.677. The summed E-state index contributed by atoms with van der Waals surface area (Å²) in [4.78, 5) is 23.3. The summed E-state index contributed by atoms with van der Waals surface area (Å²) in [6, 6.07) is 1.92. The largest absolute Gasteiger partial charge is 0.370 e. The summed E-state index contributed by atoms with van der Waals surface area (Å²) in [6.07, 6.45) is 2.29. The number of rotatable bonds is 8. The predicted molar refractivity (Wildman–Crippen MR) is 95.1 cm³/mol. The lowest BCUT2D eigenvalue weighted by molar-refractivity contribution is -0.118. The van der Waals surface area contributed by atoms with Crippen LogP contribution in [0, 0.1) is 0 Å². The number of nitrogens with two attached hydrogens (primary N) is 1. The standard InChI is InChI=1S/C15H23N7O2S/c1-9(2)22-12(7-8-17-22)18-14(24)10(3)25-15-20-19-13(21(15)4)6-5-11(16)23/h7-10H,5-6H2,1-4H3,(H2,16,23)(H,18,24)/t10-/m1/s1. The molecule has 0 aliphatic heterocycles. The Bertz CT molecular complexity index is 753. The highest BCUT2D eigenvalue weighted by Crippen LogP contribution is 2.23. The van der Waals surface area contributed by atoms with E-state index in [0.29, 0.717) is 23.2 Å². The lowest BCUT2D eigenvalue weighted by Gasteiger charge is -2.14. The summed E-state index contributed by atoms with van der Waals surface area (Å²) in [5.74, 6) is 0.792. The van der Waals surface area contributed by atoms with E-state index in [1.54, 1.807) is 35.5 Å². The van der Waals surface area contributed by atoms with Crippen LogP contribution in [0.15, 0.2) is 17.4 Å². The molecular formula is C15H23N7O2S. The summed E-state index contributed by atoms with van der Waals surface area (Å²) < 4.78 is 3.52. The number of aromatic nitrogens is 5. The maximum atomic E-state index is 12.4. The fraction of sp³-hybridized carbons (Fsp3) is 0.533. The van der Waals surface area contributed by atoms with Crippen LogP contribution < -0.4 is 11.1 Å². The number of nitrogens with zero attached hydrogens (tertiary/aromatic N) is 5. The highest BCUT2D eigenvalue weighted by Gasteiger charge is 2.20. The van der Waals surface area contributed by atoms with E-state index in [1.807, 2.05) is 13.8 Å². The second-order valence-corrected chi connectivity index (χ2v) is 7.24. The van der Waals surface area contributed by atoms with Crippen LogP contribution in [0.5, 0.6) is 0 Å². The van der Waals surface area contributed by atoms with Gasteiger partial charge in [0, 0.05) is 32.0 Å². The third-order valence-corrected chi connectivity index (χ3v) is 4.72. The van der Waals surface area contributed by atoms with Crippen molar-refractivity contribution in [2.75, 3.05) is 5.32 Å². The molecule has 9 nitrogen and oxygen atoms in total. The van der Waals surface area contributed by atoms with E-state index in [2.05, 4.69) is 20.6 Å². The number of hydrogen-bond donors (Lipinski definition) is 2. The molecule has 0 spiro atoms. The van der Waals surface area contributed by atoms with Gasteiger partial charge in [0.2, 0.25) is 11.8 Å². The van der Waals surface area contributed by atoms with Crippen molar-refractivity contribution in [3.05, 3.63) is 18.1 Å². The van der Waals surface area contributed by atoms with Gasteiger partial charge in [0.15, 0.2) is 5.16 Å². The van der Waals surface area contributed by atoms with Gasteiger partial charge in [0.1, 0.15) is 11.6 Å². The zero-order valence-electron chi connectivity index (χ0n) is 14.8. The summed E-state index contributed by atoms with van der Waals surface area (Å²) in [5.41, 5.74) is 5.15. The lowest BCUT2D eigenvalue weighted by atomic mass is 10.3. The van der Waals surface area contributed by atoms with Gasteiger partial charge in [-0.05, 0) is 20.8 Å². The number of primary amides is 1. The van der Waals surface area contributed by atoms with Crippen molar-refractivity contribution in [3.63, 3.8) is 0 Å². The molecular weight excluding hydrogens is 342 g/mol. The Morgan fingerprint density at radius 1 is 1.32 bits per heavy atom. The molecule has 10 heteroatoms. The molecule has 2 aromatic heterocycles. The first-order valence-electron chi connectivity index (χ1n) is 7.97. The van der Waals surface area contributed by atoms with E-state index in [-0.39, 0.29) is 29.5 Å². The number of thioether (sulfide) groups is 1. The van der Waals surface area contributed by atoms with E-state index in [0.717, 1.165) is 0 Å². The number of anilines is 1. The van der Waals surface area contributed by atoms with Crippen LogP contribution in [0.25, 0.3) is 0 Å². The number of carbonyl (C=O) groups is 2. The van der Waals surface area contributed by atoms with Gasteiger partial charge in [-0.1, -0.05) is 11.8 Å². The van der Waals surface area contributed by atoms with Gasteiger partial charge in [0.05, 0.1) is 11.4 Å². The monoisotopic (exact) mass is 365 g/mol. The Hall–Kier alpha value is -2.36. The first-order valence-corrected chi connectivity index (χ1v) is 8.85. The molecule has 2 heterocycles. The maximum absolute atomic E-state index is 12.4. The average Bonchev–Trinajstić information content (AvgIpc) is 3.13. The van der Waals surface area contributed by atoms with Crippen molar-refractivity contribution < 1.29 is 9.59 Å². The van der Waals surface area contributed by atoms with Crippen molar-refractivity contribution in [1.82, 2.24) is 24.5 Å². The number of nitrogens with one attached hydrogen (secondary N) is 1. The molecule has 2 aromatic rings. The van der Waals surface area contributed by atoms with Gasteiger partial charge in [-0.25, -0.2) is 4.68 Å². The summed E-state index contributed by atoms with van der Waals surface area (Å²) in [7, 11) is 1.80. The zero-order chi connectivity index (χ0) is 18.6. The minimum Gasteiger partial charge on any atom is -0.370 e. The molecule has 2 amide bonds. The Morgan fingerprint density at radius 3 is 2.68 bits per heavy atom. The second kappa shape index (κ2) is 8.15. The third kappa shape index (κ3) is 4.81. The molecule has 25 heavy (non-hydrogen) atoms. The number of aryl methyl sites for hydroxylation is 1. The number of carbonyl (C=O) groups excluding carboxylic acids is 2. The minimum absolute atomic E-state index is 0.144. The average molecular weight is 365 g/mol. The van der Waals surface area contributed by atoms with E-state index in [9.17, 15) is 9.59 Å². The van der Waals surface area contributed by atoms with Gasteiger partial charge in [-0.2, -0.15) is 5.10 Å². The van der Waals surface area contributed by atoms with Gasteiger partial charge in [-0.3, -0.25) is 9.59 Å². The number of hydrogen-bond acceptors (Lipinski definition) is 6. The molecule has 0 fully saturated rings. The van der Waals surface area contributed by atoms with Crippen LogP contribution >= 0.6 is 11.8 Å². The second-order valence-electron chi connectivity index (χ2n) is 5.93. The van der Waals surface area contributed by atoms with Crippen LogP contribution in [0.3, 0.4) is 0 Å². The lowest BCUT2D eigenvalue weighted by Crippen LogP contribution is -2.25. The predicted octanol–water partition coefficient (Wildman–Crippen LogP) is 1.13. The Morgan fingerprint density at radius 2 is 2.04 bits per heavy atom. The molecule has 3 N–H and O–H groups in total. The fourth-order valence-electron chi connectivity index (χ4n) is 2.16. The minimum atomic E-state index is -0.383. The summed E-state index contributed by atoms with van der Waals surface area (Å²) in [5, 5.41) is 15.5. The van der Waals surface area contributed by atoms with E-state index in [4.69, 9.17) is 5.73 Å².